The number of aryl methyl sites for hydroxylation is 1. The molecule has 0 bridgehead atoms. The van der Waals surface area contributed by atoms with Crippen molar-refractivity contribution in [2.24, 2.45) is 0 Å². The van der Waals surface area contributed by atoms with Crippen molar-refractivity contribution in [1.82, 2.24) is 14.5 Å². The molecule has 0 fully saturated rings. The van der Waals surface area contributed by atoms with E-state index in [-0.39, 0.29) is 37.5 Å². The first-order valence-electron chi connectivity index (χ1n) is 9.90. The summed E-state index contributed by atoms with van der Waals surface area (Å²) in [5.41, 5.74) is 2.30. The van der Waals surface area contributed by atoms with E-state index in [0.29, 0.717) is 34.8 Å². The number of amides is 2. The van der Waals surface area contributed by atoms with Crippen molar-refractivity contribution >= 4 is 30.4 Å². The van der Waals surface area contributed by atoms with Crippen LogP contribution < -0.4 is 4.74 Å². The molecule has 1 aromatic heterocycles. The molecule has 2 N–H and O–H groups in total. The quantitative estimate of drug-likeness (QED) is 0.312. The molecule has 0 radical (unpaired) electrons. The van der Waals surface area contributed by atoms with Crippen LogP contribution in [0.4, 0.5) is 0 Å². The Balaban J connectivity index is 1.55. The predicted octanol–water partition coefficient (Wildman–Crippen LogP) is 2.80. The van der Waals surface area contributed by atoms with Gasteiger partial charge in [0, 0.05) is 12.6 Å². The molecule has 0 unspecified atom stereocenters. The summed E-state index contributed by atoms with van der Waals surface area (Å²) in [4.78, 5) is 49.1. The van der Waals surface area contributed by atoms with Gasteiger partial charge >= 0.3 is 7.60 Å². The lowest BCUT2D eigenvalue weighted by Gasteiger charge is -2.14. The second-order valence-corrected chi connectivity index (χ2v) is 9.03. The van der Waals surface area contributed by atoms with Gasteiger partial charge in [0.05, 0.1) is 41.5 Å². The molecular weight excluding hydrogens is 421 g/mol. The van der Waals surface area contributed by atoms with Crippen LogP contribution >= 0.6 is 7.60 Å². The first-order chi connectivity index (χ1) is 14.8. The molecule has 162 valence electrons. The lowest BCUT2D eigenvalue weighted by molar-refractivity contribution is 0.0637. The van der Waals surface area contributed by atoms with Gasteiger partial charge < -0.3 is 19.1 Å². The number of carbonyl (C=O) groups excluding carboxylic acids is 2. The van der Waals surface area contributed by atoms with Crippen molar-refractivity contribution in [3.63, 3.8) is 0 Å². The number of aromatic nitrogens is 2. The van der Waals surface area contributed by atoms with Crippen LogP contribution in [0.1, 0.15) is 39.9 Å². The molecule has 2 aromatic carbocycles. The maximum Gasteiger partial charge on any atom is 0.325 e. The Morgan fingerprint density at radius 2 is 1.74 bits per heavy atom. The van der Waals surface area contributed by atoms with Crippen LogP contribution in [-0.4, -0.2) is 48.8 Å². The summed E-state index contributed by atoms with van der Waals surface area (Å²) in [6.07, 6.45) is 0.00686. The third-order valence-electron chi connectivity index (χ3n) is 5.16. The Labute approximate surface area is 178 Å². The topological polar surface area (TPSA) is 122 Å². The van der Waals surface area contributed by atoms with Crippen LogP contribution in [0.25, 0.3) is 11.0 Å². The van der Waals surface area contributed by atoms with E-state index in [4.69, 9.17) is 14.5 Å². The number of imidazole rings is 1. The van der Waals surface area contributed by atoms with Crippen molar-refractivity contribution in [2.75, 3.05) is 12.8 Å². The Hall–Kier alpha value is -3.00. The fraction of sp³-hybridized carbons (Fsp3) is 0.286. The Morgan fingerprint density at radius 1 is 1.06 bits per heavy atom. The molecule has 0 aliphatic carbocycles. The highest BCUT2D eigenvalue weighted by atomic mass is 31.2. The number of hydrogen-bond acceptors (Lipinski definition) is 5. The van der Waals surface area contributed by atoms with E-state index < -0.39 is 7.60 Å². The maximum atomic E-state index is 12.7. The molecule has 1 aliphatic heterocycles. The molecule has 10 heteroatoms. The van der Waals surface area contributed by atoms with Crippen LogP contribution in [0.15, 0.2) is 42.5 Å². The van der Waals surface area contributed by atoms with Crippen LogP contribution in [0.2, 0.25) is 0 Å². The van der Waals surface area contributed by atoms with Crippen LogP contribution in [-0.2, 0) is 17.7 Å². The van der Waals surface area contributed by atoms with Crippen LogP contribution in [0.5, 0.6) is 5.75 Å². The number of hydrogen-bond donors (Lipinski definition) is 2. The number of ether oxygens (including phenoxy) is 1. The summed E-state index contributed by atoms with van der Waals surface area (Å²) in [6.45, 7) is 2.77. The minimum absolute atomic E-state index is 0.0628. The minimum atomic E-state index is -4.04. The van der Waals surface area contributed by atoms with E-state index in [9.17, 15) is 14.2 Å². The van der Waals surface area contributed by atoms with Crippen molar-refractivity contribution in [2.45, 2.75) is 26.4 Å². The number of fused-ring (bicyclic) bond motifs is 2. The van der Waals surface area contributed by atoms with Gasteiger partial charge in [-0.3, -0.25) is 19.1 Å². The monoisotopic (exact) mass is 443 g/mol. The average Bonchev–Trinajstić information content (AvgIpc) is 3.20. The van der Waals surface area contributed by atoms with Gasteiger partial charge in [-0.15, -0.1) is 0 Å². The van der Waals surface area contributed by atoms with E-state index in [1.165, 1.54) is 4.90 Å². The standard InChI is InChI=1S/C21H22N3O6P/c1-2-23-18-12-14(30-10-5-11-31(27,28)29)8-9-17(18)22-19(23)13-24-20(25)15-6-3-4-7-16(15)21(24)26/h3-4,6-9,12H,2,5,10-11,13H2,1H3,(H2,27,28,29). The summed E-state index contributed by atoms with van der Waals surface area (Å²) in [7, 11) is -4.04. The highest BCUT2D eigenvalue weighted by Crippen LogP contribution is 2.35. The predicted molar refractivity (Wildman–Crippen MR) is 113 cm³/mol. The molecule has 0 saturated carbocycles. The third kappa shape index (κ3) is 4.25. The largest absolute Gasteiger partial charge is 0.493 e. The smallest absolute Gasteiger partial charge is 0.325 e. The molecule has 4 rings (SSSR count). The van der Waals surface area contributed by atoms with E-state index in [1.807, 2.05) is 11.5 Å². The van der Waals surface area contributed by atoms with E-state index in [2.05, 4.69) is 4.98 Å². The number of nitrogens with zero attached hydrogens (tertiary/aromatic N) is 3. The third-order valence-corrected chi connectivity index (χ3v) is 6.05. The van der Waals surface area contributed by atoms with E-state index in [0.717, 1.165) is 5.52 Å². The number of imide groups is 1. The highest BCUT2D eigenvalue weighted by molar-refractivity contribution is 7.51. The van der Waals surface area contributed by atoms with Gasteiger partial charge in [-0.25, -0.2) is 4.98 Å². The Bertz CT molecular complexity index is 1180. The first-order valence-corrected chi connectivity index (χ1v) is 11.7. The number of rotatable bonds is 8. The number of carbonyl (C=O) groups is 2. The molecule has 2 heterocycles. The minimum Gasteiger partial charge on any atom is -0.493 e. The molecule has 0 spiro atoms. The molecule has 0 saturated heterocycles. The van der Waals surface area contributed by atoms with Crippen molar-refractivity contribution in [3.8, 4) is 5.75 Å². The SMILES string of the molecule is CCn1c(CN2C(=O)c3ccccc3C2=O)nc2ccc(OCCCP(=O)(O)O)cc21. The fourth-order valence-corrected chi connectivity index (χ4v) is 4.24. The number of benzene rings is 2. The zero-order valence-corrected chi connectivity index (χ0v) is 17.8. The molecule has 0 atom stereocenters. The van der Waals surface area contributed by atoms with Crippen molar-refractivity contribution in [1.29, 1.82) is 0 Å². The molecule has 1 aliphatic rings. The summed E-state index contributed by atoms with van der Waals surface area (Å²) < 4.78 is 18.5. The lowest BCUT2D eigenvalue weighted by Crippen LogP contribution is -2.30. The van der Waals surface area contributed by atoms with Crippen molar-refractivity contribution < 1.29 is 28.7 Å². The van der Waals surface area contributed by atoms with Gasteiger partial charge in [-0.1, -0.05) is 12.1 Å². The van der Waals surface area contributed by atoms with E-state index in [1.54, 1.807) is 42.5 Å². The van der Waals surface area contributed by atoms with Gasteiger partial charge in [0.2, 0.25) is 0 Å². The summed E-state index contributed by atoms with van der Waals surface area (Å²) >= 11 is 0. The van der Waals surface area contributed by atoms with Gasteiger partial charge in [0.1, 0.15) is 11.6 Å². The first kappa shape index (κ1) is 21.2. The lowest BCUT2D eigenvalue weighted by atomic mass is 10.1. The zero-order chi connectivity index (χ0) is 22.2. The Kier molecular flexibility index (Phi) is 5.66. The summed E-state index contributed by atoms with van der Waals surface area (Å²) in [6, 6.07) is 12.1. The van der Waals surface area contributed by atoms with Gasteiger partial charge in [-0.2, -0.15) is 0 Å². The van der Waals surface area contributed by atoms with Crippen LogP contribution in [0, 0.1) is 0 Å². The molecular formula is C21H22N3O6P. The Morgan fingerprint density at radius 3 is 2.35 bits per heavy atom. The fourth-order valence-electron chi connectivity index (χ4n) is 3.70. The highest BCUT2D eigenvalue weighted by Gasteiger charge is 2.36. The summed E-state index contributed by atoms with van der Waals surface area (Å²) in [5, 5.41) is 0. The average molecular weight is 443 g/mol. The second-order valence-electron chi connectivity index (χ2n) is 7.26. The van der Waals surface area contributed by atoms with Gasteiger partial charge in [0.25, 0.3) is 11.8 Å². The zero-order valence-electron chi connectivity index (χ0n) is 16.9. The maximum absolute atomic E-state index is 12.7. The normalized spacial score (nSPS) is 13.8. The van der Waals surface area contributed by atoms with Crippen LogP contribution in [0.3, 0.4) is 0 Å². The van der Waals surface area contributed by atoms with Gasteiger partial charge in [-0.05, 0) is 37.6 Å². The molecule has 31 heavy (non-hydrogen) atoms. The molecule has 2 amide bonds. The molecule has 3 aromatic rings. The second kappa shape index (κ2) is 8.26. The molecule has 9 nitrogen and oxygen atoms in total. The van der Waals surface area contributed by atoms with Gasteiger partial charge in [0.15, 0.2) is 0 Å². The summed E-state index contributed by atoms with van der Waals surface area (Å²) in [5.74, 6) is 0.486. The van der Waals surface area contributed by atoms with E-state index >= 15 is 0 Å². The van der Waals surface area contributed by atoms with Crippen molar-refractivity contribution in [3.05, 3.63) is 59.4 Å².